The maximum Gasteiger partial charge on any atom is 0.421 e. The number of nitrogens with one attached hydrogen (secondary N) is 3. The zero-order valence-corrected chi connectivity index (χ0v) is 44.0. The number of nitrogens with zero attached hydrogens (tertiary/aromatic N) is 9. The second kappa shape index (κ2) is 35.3. The zero-order chi connectivity index (χ0) is 51.7. The van der Waals surface area contributed by atoms with Crippen LogP contribution >= 0.6 is 12.4 Å². The maximum atomic E-state index is 12.3. The van der Waals surface area contributed by atoms with Gasteiger partial charge < -0.3 is 31.8 Å². The number of unbranched alkanes of at least 4 members (excludes halogenated alkanes) is 9. The SMILES string of the molecule is C#CCCCCCc1cn(C(=O)OC(C)(C)C)c(N)n1.CCCCCc1ccc(C(=O)NCCN=[N+]=[N-])cc1.CCCCCc1ccc(C(=O)NCCn2cc(CCCCCc3cnc(N)[nH]3)nn2)cc1.Cl. The molecule has 0 unspecified atom stereocenters. The normalized spacial score (nSPS) is 10.6. The standard InChI is InChI=1S/C24H35N7O.C15H23N3O2.C14H20N4O.ClH/c1-2-3-5-8-19-11-13-20(14-12-19)23(32)26-15-16-31-18-22(29-30-31)10-7-4-6-9-21-17-27-24(25)28-21;1-5-6-7-8-9-10-12-11-18(13(16)17-12)14(19)20-15(2,3)4;1-2-3-4-5-12-6-8-13(9-7-12)14(19)16-10-11-17-18-15;/h11-14,17-18H,2-10,15-16H2,1H3,(H,26,32)(H3,25,27,28);1,11H,6-10H2,2-4H3,(H2,16,17);6-9H,2-5,10-11H2,1H3,(H,16,19);1H. The number of aromatic nitrogens is 7. The first kappa shape index (κ1) is 61.3. The van der Waals surface area contributed by atoms with Crippen molar-refractivity contribution in [1.29, 1.82) is 0 Å². The van der Waals surface area contributed by atoms with E-state index in [0.717, 1.165) is 94.1 Å². The Morgan fingerprint density at radius 3 is 1.88 bits per heavy atom. The van der Waals surface area contributed by atoms with E-state index < -0.39 is 11.7 Å². The predicted molar refractivity (Wildman–Crippen MR) is 289 cm³/mol. The number of aromatic amines is 1. The van der Waals surface area contributed by atoms with Crippen LogP contribution in [0.4, 0.5) is 16.7 Å². The van der Waals surface area contributed by atoms with Gasteiger partial charge in [-0.25, -0.2) is 19.3 Å². The molecular formula is C53H79ClN14O4. The molecule has 7 N–H and O–H groups in total. The van der Waals surface area contributed by atoms with Gasteiger partial charge >= 0.3 is 6.09 Å². The van der Waals surface area contributed by atoms with Crippen molar-refractivity contribution in [2.24, 2.45) is 5.11 Å². The average molecular weight is 1010 g/mol. The van der Waals surface area contributed by atoms with Gasteiger partial charge in [0.2, 0.25) is 5.95 Å². The highest BCUT2D eigenvalue weighted by Crippen LogP contribution is 2.15. The van der Waals surface area contributed by atoms with Gasteiger partial charge in [-0.15, -0.1) is 29.8 Å². The Bertz CT molecular complexity index is 2390. The Labute approximate surface area is 432 Å². The van der Waals surface area contributed by atoms with Crippen molar-refractivity contribution in [3.8, 4) is 12.3 Å². The fourth-order valence-corrected chi connectivity index (χ4v) is 7.15. The summed E-state index contributed by atoms with van der Waals surface area (Å²) in [4.78, 5) is 49.9. The summed E-state index contributed by atoms with van der Waals surface area (Å²) in [6, 6.07) is 15.6. The van der Waals surface area contributed by atoms with E-state index in [9.17, 15) is 14.4 Å². The highest BCUT2D eigenvalue weighted by atomic mass is 35.5. The van der Waals surface area contributed by atoms with Gasteiger partial charge in [0.15, 0.2) is 5.95 Å². The number of nitrogen functional groups attached to an aromatic ring is 2. The molecule has 18 nitrogen and oxygen atoms in total. The molecule has 5 rings (SSSR count). The number of nitrogens with two attached hydrogens (primary N) is 2. The molecule has 3 heterocycles. The lowest BCUT2D eigenvalue weighted by Gasteiger charge is -2.19. The van der Waals surface area contributed by atoms with E-state index in [1.807, 2.05) is 63.4 Å². The Morgan fingerprint density at radius 2 is 1.33 bits per heavy atom. The molecule has 0 radical (unpaired) electrons. The molecule has 2 aromatic carbocycles. The summed E-state index contributed by atoms with van der Waals surface area (Å²) in [5, 5.41) is 17.4. The van der Waals surface area contributed by atoms with Crippen molar-refractivity contribution in [2.45, 2.75) is 162 Å². The fraction of sp³-hybridized carbons (Fsp3) is 0.528. The van der Waals surface area contributed by atoms with E-state index in [1.54, 1.807) is 17.1 Å². The van der Waals surface area contributed by atoms with Gasteiger partial charge in [0.05, 0.1) is 24.1 Å². The number of carbonyl (C=O) groups is 3. The second-order valence-corrected chi connectivity index (χ2v) is 18.3. The Hall–Kier alpha value is -6.83. The first-order valence-electron chi connectivity index (χ1n) is 25.2. The minimum atomic E-state index is -0.552. The van der Waals surface area contributed by atoms with E-state index in [1.165, 1.54) is 54.2 Å². The van der Waals surface area contributed by atoms with Crippen molar-refractivity contribution in [3.05, 3.63) is 117 Å². The van der Waals surface area contributed by atoms with E-state index in [-0.39, 0.29) is 36.7 Å². The molecule has 0 aliphatic carbocycles. The van der Waals surface area contributed by atoms with Crippen molar-refractivity contribution in [1.82, 2.24) is 45.1 Å². The fourth-order valence-electron chi connectivity index (χ4n) is 7.15. The molecule has 3 aromatic heterocycles. The largest absolute Gasteiger partial charge is 0.443 e. The quantitative estimate of drug-likeness (QED) is 0.0109. The number of azide groups is 1. The number of aryl methyl sites for hydroxylation is 5. The lowest BCUT2D eigenvalue weighted by atomic mass is 10.1. The van der Waals surface area contributed by atoms with E-state index in [4.69, 9.17) is 28.2 Å². The van der Waals surface area contributed by atoms with Crippen LogP contribution in [0, 0.1) is 12.3 Å². The number of hydrogen-bond donors (Lipinski definition) is 5. The summed E-state index contributed by atoms with van der Waals surface area (Å²) in [6.45, 7) is 11.6. The minimum Gasteiger partial charge on any atom is -0.443 e. The van der Waals surface area contributed by atoms with Gasteiger partial charge in [0, 0.05) is 60.2 Å². The number of hydrogen-bond acceptors (Lipinski definition) is 11. The maximum absolute atomic E-state index is 12.3. The van der Waals surface area contributed by atoms with Crippen LogP contribution in [-0.4, -0.2) is 77.7 Å². The molecule has 0 aliphatic heterocycles. The molecule has 0 atom stereocenters. The molecule has 72 heavy (non-hydrogen) atoms. The lowest BCUT2D eigenvalue weighted by Crippen LogP contribution is -2.27. The third-order valence-corrected chi connectivity index (χ3v) is 11.0. The van der Waals surface area contributed by atoms with Crippen molar-refractivity contribution in [3.63, 3.8) is 0 Å². The number of terminal acetylenes is 1. The van der Waals surface area contributed by atoms with Gasteiger partial charge in [0.1, 0.15) is 5.60 Å². The molecule has 0 fully saturated rings. The third kappa shape index (κ3) is 25.9. The van der Waals surface area contributed by atoms with Gasteiger partial charge in [0.25, 0.3) is 11.8 Å². The van der Waals surface area contributed by atoms with Gasteiger partial charge in [-0.1, -0.05) is 87.0 Å². The molecule has 0 aliphatic rings. The number of ether oxygens (including phenoxy) is 1. The lowest BCUT2D eigenvalue weighted by molar-refractivity contribution is 0.0540. The van der Waals surface area contributed by atoms with Crippen molar-refractivity contribution in [2.75, 3.05) is 31.1 Å². The summed E-state index contributed by atoms with van der Waals surface area (Å²) in [5.41, 5.74) is 25.6. The molecule has 2 amide bonds. The van der Waals surface area contributed by atoms with Crippen LogP contribution in [-0.2, 0) is 43.4 Å². The van der Waals surface area contributed by atoms with Crippen LogP contribution in [0.25, 0.3) is 10.4 Å². The Morgan fingerprint density at radius 1 is 0.778 bits per heavy atom. The minimum absolute atomic E-state index is 0. The number of imidazole rings is 2. The van der Waals surface area contributed by atoms with E-state index >= 15 is 0 Å². The number of anilines is 2. The smallest absolute Gasteiger partial charge is 0.421 e. The first-order valence-corrected chi connectivity index (χ1v) is 25.2. The third-order valence-electron chi connectivity index (χ3n) is 11.0. The van der Waals surface area contributed by atoms with Gasteiger partial charge in [-0.2, -0.15) is 0 Å². The summed E-state index contributed by atoms with van der Waals surface area (Å²) >= 11 is 0. The van der Waals surface area contributed by atoms with Crippen LogP contribution in [0.5, 0.6) is 0 Å². The summed E-state index contributed by atoms with van der Waals surface area (Å²) in [7, 11) is 0. The second-order valence-electron chi connectivity index (χ2n) is 18.3. The molecule has 0 bridgehead atoms. The summed E-state index contributed by atoms with van der Waals surface area (Å²) < 4.78 is 8.30. The highest BCUT2D eigenvalue weighted by molar-refractivity contribution is 5.94. The number of benzene rings is 2. The van der Waals surface area contributed by atoms with Crippen LogP contribution in [0.1, 0.15) is 167 Å². The molecule has 0 saturated heterocycles. The first-order chi connectivity index (χ1) is 34.2. The molecule has 392 valence electrons. The van der Waals surface area contributed by atoms with Crippen molar-refractivity contribution < 1.29 is 19.1 Å². The van der Waals surface area contributed by atoms with Crippen molar-refractivity contribution >= 4 is 42.2 Å². The molecule has 5 aromatic rings. The summed E-state index contributed by atoms with van der Waals surface area (Å²) in [5.74, 6) is 3.07. The molecule has 0 saturated carbocycles. The Balaban J connectivity index is 0.000000388. The number of halogens is 1. The topological polar surface area (TPSA) is 263 Å². The number of carbonyl (C=O) groups excluding carboxylic acids is 3. The van der Waals surface area contributed by atoms with Gasteiger partial charge in [-0.3, -0.25) is 14.3 Å². The van der Waals surface area contributed by atoms with Crippen LogP contribution in [0.3, 0.4) is 0 Å². The predicted octanol–water partition coefficient (Wildman–Crippen LogP) is 10.6. The van der Waals surface area contributed by atoms with E-state index in [2.05, 4.69) is 77.8 Å². The van der Waals surface area contributed by atoms with Crippen LogP contribution < -0.4 is 22.1 Å². The Kier molecular flexibility index (Phi) is 30.0. The number of H-pyrrole nitrogens is 1. The van der Waals surface area contributed by atoms with Crippen LogP contribution in [0.15, 0.2) is 72.2 Å². The highest BCUT2D eigenvalue weighted by Gasteiger charge is 2.20. The number of amides is 2. The monoisotopic (exact) mass is 1010 g/mol. The summed E-state index contributed by atoms with van der Waals surface area (Å²) in [6.07, 6.45) is 29.3. The molecule has 19 heteroatoms. The zero-order valence-electron chi connectivity index (χ0n) is 43.2. The molecular weight excluding hydrogens is 932 g/mol. The van der Waals surface area contributed by atoms with E-state index in [0.29, 0.717) is 36.7 Å². The van der Waals surface area contributed by atoms with Crippen LogP contribution in [0.2, 0.25) is 0 Å². The van der Waals surface area contributed by atoms with Gasteiger partial charge in [-0.05, 0) is 132 Å². The molecule has 0 spiro atoms. The number of rotatable bonds is 27. The average Bonchev–Trinajstić information content (AvgIpc) is 4.10.